The summed E-state index contributed by atoms with van der Waals surface area (Å²) in [5.41, 5.74) is 2.18. The van der Waals surface area contributed by atoms with Crippen LogP contribution in [0.3, 0.4) is 0 Å². The number of rotatable bonds is 10. The van der Waals surface area contributed by atoms with Crippen LogP contribution < -0.4 is 20.7 Å². The molecule has 0 bridgehead atoms. The Balaban J connectivity index is 1.69. The van der Waals surface area contributed by atoms with Crippen molar-refractivity contribution in [2.75, 3.05) is 18.5 Å². The number of ether oxygens (including phenoxy) is 2. The minimum absolute atomic E-state index is 0.0957. The second-order valence-electron chi connectivity index (χ2n) is 10.6. The first kappa shape index (κ1) is 28.7. The Morgan fingerprint density at radius 2 is 1.56 bits per heavy atom. The molecule has 196 valence electrons. The van der Waals surface area contributed by atoms with E-state index in [4.69, 9.17) is 9.47 Å². The van der Waals surface area contributed by atoms with E-state index in [1.807, 2.05) is 18.2 Å². The molecule has 8 nitrogen and oxygen atoms in total. The Morgan fingerprint density at radius 3 is 2.19 bits per heavy atom. The lowest BCUT2D eigenvalue weighted by atomic mass is 9.87. The van der Waals surface area contributed by atoms with Gasteiger partial charge in [0.15, 0.2) is 0 Å². The minimum atomic E-state index is -0.647. The van der Waals surface area contributed by atoms with E-state index in [0.29, 0.717) is 25.1 Å². The molecule has 0 aliphatic carbocycles. The molecule has 3 amide bonds. The molecule has 0 radical (unpaired) electrons. The predicted octanol–water partition coefficient (Wildman–Crippen LogP) is 4.92. The van der Waals surface area contributed by atoms with Crippen LogP contribution in [0.5, 0.6) is 5.75 Å². The fourth-order valence-corrected chi connectivity index (χ4v) is 3.19. The van der Waals surface area contributed by atoms with Gasteiger partial charge in [-0.1, -0.05) is 45.0 Å². The first-order chi connectivity index (χ1) is 16.8. The van der Waals surface area contributed by atoms with Crippen molar-refractivity contribution in [3.05, 3.63) is 59.7 Å². The smallest absolute Gasteiger partial charge is 0.408 e. The predicted molar refractivity (Wildman–Crippen MR) is 141 cm³/mol. The molecular weight excluding hydrogens is 458 g/mol. The maximum absolute atomic E-state index is 12.3. The van der Waals surface area contributed by atoms with Crippen LogP contribution in [0.1, 0.15) is 65.5 Å². The van der Waals surface area contributed by atoms with Crippen LogP contribution in [0.2, 0.25) is 0 Å². The molecule has 0 unspecified atom stereocenters. The second-order valence-corrected chi connectivity index (χ2v) is 10.6. The summed E-state index contributed by atoms with van der Waals surface area (Å²) in [6.45, 7) is 12.3. The summed E-state index contributed by atoms with van der Waals surface area (Å²) in [6.07, 6.45) is 0.274. The zero-order valence-corrected chi connectivity index (χ0v) is 22.2. The summed E-state index contributed by atoms with van der Waals surface area (Å²) in [4.78, 5) is 35.9. The van der Waals surface area contributed by atoms with Crippen molar-refractivity contribution >= 4 is 23.6 Å². The van der Waals surface area contributed by atoms with Crippen LogP contribution >= 0.6 is 0 Å². The standard InChI is InChI=1S/C28H39N3O5/c1-27(2,3)21-12-14-23(15-13-21)35-16-8-11-24(32)31-22-10-7-9-20(17-22)18-29-25(33)19-30-26(34)36-28(4,5)6/h7,9-10,12-15,17H,8,11,16,18-19H2,1-6H3,(H,29,33)(H,30,34)(H,31,32). The number of carbonyl (C=O) groups is 3. The van der Waals surface area contributed by atoms with E-state index in [-0.39, 0.29) is 30.3 Å². The number of amides is 3. The van der Waals surface area contributed by atoms with Crippen molar-refractivity contribution in [3.63, 3.8) is 0 Å². The number of anilines is 1. The Morgan fingerprint density at radius 1 is 0.861 bits per heavy atom. The van der Waals surface area contributed by atoms with Gasteiger partial charge in [-0.25, -0.2) is 4.79 Å². The third kappa shape index (κ3) is 11.3. The second kappa shape index (κ2) is 13.0. The fraction of sp³-hybridized carbons (Fsp3) is 0.464. The van der Waals surface area contributed by atoms with Crippen LogP contribution in [0.25, 0.3) is 0 Å². The summed E-state index contributed by atoms with van der Waals surface area (Å²) in [6, 6.07) is 15.3. The molecule has 0 aromatic heterocycles. The van der Waals surface area contributed by atoms with Crippen molar-refractivity contribution in [1.29, 1.82) is 0 Å². The van der Waals surface area contributed by atoms with E-state index in [9.17, 15) is 14.4 Å². The first-order valence-corrected chi connectivity index (χ1v) is 12.2. The van der Waals surface area contributed by atoms with Crippen molar-refractivity contribution in [1.82, 2.24) is 10.6 Å². The molecule has 0 aliphatic heterocycles. The van der Waals surface area contributed by atoms with Crippen molar-refractivity contribution < 1.29 is 23.9 Å². The monoisotopic (exact) mass is 497 g/mol. The zero-order chi connectivity index (χ0) is 26.8. The maximum Gasteiger partial charge on any atom is 0.408 e. The summed E-state index contributed by atoms with van der Waals surface area (Å²) in [5, 5.41) is 8.02. The molecule has 0 saturated heterocycles. The van der Waals surface area contributed by atoms with Gasteiger partial charge in [0.25, 0.3) is 0 Å². The number of hydrogen-bond donors (Lipinski definition) is 3. The highest BCUT2D eigenvalue weighted by atomic mass is 16.6. The van der Waals surface area contributed by atoms with Crippen molar-refractivity contribution in [3.8, 4) is 5.75 Å². The summed E-state index contributed by atoms with van der Waals surface area (Å²) < 4.78 is 10.9. The van der Waals surface area contributed by atoms with E-state index in [2.05, 4.69) is 48.9 Å². The Labute approximate surface area is 214 Å². The Hall–Kier alpha value is -3.55. The molecule has 8 heteroatoms. The van der Waals surface area contributed by atoms with Gasteiger partial charge in [-0.2, -0.15) is 0 Å². The quantitative estimate of drug-likeness (QED) is 0.404. The van der Waals surface area contributed by atoms with Gasteiger partial charge in [0.1, 0.15) is 17.9 Å². The Bertz CT molecular complexity index is 1020. The molecule has 0 spiro atoms. The van der Waals surface area contributed by atoms with Gasteiger partial charge in [0.05, 0.1) is 6.61 Å². The van der Waals surface area contributed by atoms with E-state index in [1.54, 1.807) is 39.0 Å². The van der Waals surface area contributed by atoms with E-state index in [0.717, 1.165) is 11.3 Å². The van der Waals surface area contributed by atoms with Crippen molar-refractivity contribution in [2.45, 2.75) is 71.9 Å². The summed E-state index contributed by atoms with van der Waals surface area (Å²) in [7, 11) is 0. The third-order valence-corrected chi connectivity index (χ3v) is 5.03. The van der Waals surface area contributed by atoms with Crippen molar-refractivity contribution in [2.24, 2.45) is 0 Å². The molecule has 3 N–H and O–H groups in total. The van der Waals surface area contributed by atoms with Crippen LogP contribution in [0.4, 0.5) is 10.5 Å². The fourth-order valence-electron chi connectivity index (χ4n) is 3.19. The zero-order valence-electron chi connectivity index (χ0n) is 22.2. The summed E-state index contributed by atoms with van der Waals surface area (Å²) in [5.74, 6) is 0.340. The first-order valence-electron chi connectivity index (χ1n) is 12.2. The Kier molecular flexibility index (Phi) is 10.3. The van der Waals surface area contributed by atoms with E-state index in [1.165, 1.54) is 5.56 Å². The molecule has 0 fully saturated rings. The molecule has 0 saturated carbocycles. The molecule has 2 rings (SSSR count). The summed E-state index contributed by atoms with van der Waals surface area (Å²) >= 11 is 0. The van der Waals surface area contributed by atoms with Gasteiger partial charge in [0.2, 0.25) is 11.8 Å². The normalized spacial score (nSPS) is 11.4. The number of carbonyl (C=O) groups excluding carboxylic acids is 3. The highest BCUT2D eigenvalue weighted by Crippen LogP contribution is 2.24. The number of alkyl carbamates (subject to hydrolysis) is 1. The topological polar surface area (TPSA) is 106 Å². The lowest BCUT2D eigenvalue weighted by molar-refractivity contribution is -0.120. The average Bonchev–Trinajstić information content (AvgIpc) is 2.78. The minimum Gasteiger partial charge on any atom is -0.494 e. The van der Waals surface area contributed by atoms with E-state index < -0.39 is 11.7 Å². The van der Waals surface area contributed by atoms with Gasteiger partial charge in [-0.15, -0.1) is 0 Å². The molecule has 2 aromatic rings. The molecular formula is C28H39N3O5. The van der Waals surface area contributed by atoms with Crippen LogP contribution in [0, 0.1) is 0 Å². The van der Waals surface area contributed by atoms with Gasteiger partial charge >= 0.3 is 6.09 Å². The molecule has 36 heavy (non-hydrogen) atoms. The number of benzene rings is 2. The highest BCUT2D eigenvalue weighted by molar-refractivity contribution is 5.90. The molecule has 0 atom stereocenters. The largest absolute Gasteiger partial charge is 0.494 e. The SMILES string of the molecule is CC(C)(C)OC(=O)NCC(=O)NCc1cccc(NC(=O)CCCOc2ccc(C(C)(C)C)cc2)c1. The van der Waals surface area contributed by atoms with Crippen LogP contribution in [-0.4, -0.2) is 36.7 Å². The highest BCUT2D eigenvalue weighted by Gasteiger charge is 2.16. The van der Waals surface area contributed by atoms with Gasteiger partial charge in [-0.05, 0) is 68.0 Å². The molecule has 0 aliphatic rings. The number of hydrogen-bond acceptors (Lipinski definition) is 5. The van der Waals surface area contributed by atoms with Gasteiger partial charge in [0, 0.05) is 18.7 Å². The molecule has 0 heterocycles. The van der Waals surface area contributed by atoms with Crippen LogP contribution in [0.15, 0.2) is 48.5 Å². The molecule has 2 aromatic carbocycles. The van der Waals surface area contributed by atoms with Gasteiger partial charge in [-0.3, -0.25) is 9.59 Å². The lowest BCUT2D eigenvalue weighted by Gasteiger charge is -2.19. The lowest BCUT2D eigenvalue weighted by Crippen LogP contribution is -2.39. The average molecular weight is 498 g/mol. The van der Waals surface area contributed by atoms with Gasteiger partial charge < -0.3 is 25.4 Å². The third-order valence-electron chi connectivity index (χ3n) is 5.03. The number of nitrogens with one attached hydrogen (secondary N) is 3. The van der Waals surface area contributed by atoms with Crippen LogP contribution in [-0.2, 0) is 26.3 Å². The van der Waals surface area contributed by atoms with E-state index >= 15 is 0 Å². The maximum atomic E-state index is 12.3.